The summed E-state index contributed by atoms with van der Waals surface area (Å²) in [6.07, 6.45) is 12.1. The average molecular weight is 350 g/mol. The summed E-state index contributed by atoms with van der Waals surface area (Å²) in [5, 5.41) is 3.25. The van der Waals surface area contributed by atoms with Crippen LogP contribution in [0.25, 0.3) is 0 Å². The summed E-state index contributed by atoms with van der Waals surface area (Å²) in [7, 11) is 4.27. The van der Waals surface area contributed by atoms with Crippen molar-refractivity contribution in [3.05, 3.63) is 0 Å². The van der Waals surface area contributed by atoms with Gasteiger partial charge < -0.3 is 15.1 Å². The number of carbonyl (C=O) groups is 2. The minimum absolute atomic E-state index is 0.0268. The van der Waals surface area contributed by atoms with Crippen LogP contribution >= 0.6 is 0 Å². The van der Waals surface area contributed by atoms with Crippen LogP contribution in [0.2, 0.25) is 0 Å². The lowest BCUT2D eigenvalue weighted by Gasteiger charge is -2.43. The molecule has 0 spiro atoms. The molecule has 0 aromatic carbocycles. The molecule has 1 heterocycles. The molecule has 0 bridgehead atoms. The van der Waals surface area contributed by atoms with E-state index in [9.17, 15) is 9.59 Å². The molecule has 3 aliphatic rings. The maximum atomic E-state index is 12.8. The molecule has 3 rings (SSSR count). The van der Waals surface area contributed by atoms with Gasteiger partial charge in [-0.05, 0) is 46.2 Å². The Balaban J connectivity index is 1.56. The van der Waals surface area contributed by atoms with Gasteiger partial charge in [-0.15, -0.1) is 0 Å². The molecule has 1 unspecified atom stereocenters. The van der Waals surface area contributed by atoms with Gasteiger partial charge in [-0.25, -0.2) is 0 Å². The first-order valence-electron chi connectivity index (χ1n) is 10.3. The molecule has 0 aromatic rings. The smallest absolute Gasteiger partial charge is 0.224 e. The van der Waals surface area contributed by atoms with Gasteiger partial charge in [0.1, 0.15) is 0 Å². The molecule has 1 saturated heterocycles. The number of amides is 2. The second-order valence-corrected chi connectivity index (χ2v) is 8.62. The molecular formula is C20H35N3O2. The van der Waals surface area contributed by atoms with Crippen LogP contribution in [0.15, 0.2) is 0 Å². The fourth-order valence-electron chi connectivity index (χ4n) is 5.04. The van der Waals surface area contributed by atoms with Crippen molar-refractivity contribution in [2.24, 2.45) is 5.92 Å². The zero-order valence-corrected chi connectivity index (χ0v) is 16.1. The van der Waals surface area contributed by atoms with Crippen LogP contribution in [0.5, 0.6) is 0 Å². The number of nitrogens with one attached hydrogen (secondary N) is 1. The Morgan fingerprint density at radius 3 is 2.44 bits per heavy atom. The number of rotatable bonds is 5. The topological polar surface area (TPSA) is 52.7 Å². The second kappa shape index (κ2) is 8.07. The van der Waals surface area contributed by atoms with Crippen molar-refractivity contribution < 1.29 is 9.59 Å². The number of hydrogen-bond donors (Lipinski definition) is 1. The predicted octanol–water partition coefficient (Wildman–Crippen LogP) is 2.55. The lowest BCUT2D eigenvalue weighted by molar-refractivity contribution is -0.140. The lowest BCUT2D eigenvalue weighted by Crippen LogP contribution is -2.56. The highest BCUT2D eigenvalue weighted by Crippen LogP contribution is 2.32. The van der Waals surface area contributed by atoms with E-state index in [0.29, 0.717) is 25.4 Å². The minimum Gasteiger partial charge on any atom is -0.354 e. The first-order valence-corrected chi connectivity index (χ1v) is 10.3. The van der Waals surface area contributed by atoms with E-state index in [1.165, 1.54) is 32.1 Å². The number of likely N-dealkylation sites (tertiary alicyclic amines) is 1. The van der Waals surface area contributed by atoms with Gasteiger partial charge in [-0.3, -0.25) is 9.59 Å². The standard InChI is InChI=1S/C20H35N3O2/c1-22(2)20(12-6-3-7-13-20)15-21-19(25)16-10-11-18(24)23(14-16)17-8-4-5-9-17/h16-17H,3-15H2,1-2H3,(H,21,25). The molecule has 1 aliphatic heterocycles. The van der Waals surface area contributed by atoms with Gasteiger partial charge in [0, 0.05) is 31.1 Å². The third-order valence-electron chi connectivity index (χ3n) is 6.90. The Bertz CT molecular complexity index is 479. The van der Waals surface area contributed by atoms with E-state index in [-0.39, 0.29) is 23.3 Å². The normalized spacial score (nSPS) is 27.7. The second-order valence-electron chi connectivity index (χ2n) is 8.62. The third kappa shape index (κ3) is 4.18. The summed E-state index contributed by atoms with van der Waals surface area (Å²) in [5.41, 5.74) is 0.115. The zero-order chi connectivity index (χ0) is 17.9. The van der Waals surface area contributed by atoms with E-state index in [0.717, 1.165) is 32.2 Å². The number of likely N-dealkylation sites (N-methyl/N-ethyl adjacent to an activating group) is 1. The molecule has 0 aromatic heterocycles. The molecule has 1 atom stereocenters. The SMILES string of the molecule is CN(C)C1(CNC(=O)C2CCC(=O)N(C3CCCC3)C2)CCCCC1. The lowest BCUT2D eigenvalue weighted by atomic mass is 9.80. The highest BCUT2D eigenvalue weighted by atomic mass is 16.2. The summed E-state index contributed by atoms with van der Waals surface area (Å²) in [6.45, 7) is 1.37. The summed E-state index contributed by atoms with van der Waals surface area (Å²) < 4.78 is 0. The van der Waals surface area contributed by atoms with Gasteiger partial charge in [-0.2, -0.15) is 0 Å². The Morgan fingerprint density at radius 2 is 1.80 bits per heavy atom. The third-order valence-corrected chi connectivity index (χ3v) is 6.90. The maximum absolute atomic E-state index is 12.8. The monoisotopic (exact) mass is 349 g/mol. The van der Waals surface area contributed by atoms with Crippen LogP contribution in [0, 0.1) is 5.92 Å². The molecule has 5 heteroatoms. The van der Waals surface area contributed by atoms with Crippen LogP contribution in [0.1, 0.15) is 70.6 Å². The molecule has 2 amide bonds. The predicted molar refractivity (Wildman–Crippen MR) is 99.2 cm³/mol. The zero-order valence-electron chi connectivity index (χ0n) is 16.1. The molecule has 2 aliphatic carbocycles. The molecular weight excluding hydrogens is 314 g/mol. The van der Waals surface area contributed by atoms with Crippen LogP contribution < -0.4 is 5.32 Å². The first kappa shape index (κ1) is 18.7. The summed E-state index contributed by atoms with van der Waals surface area (Å²) >= 11 is 0. The first-order chi connectivity index (χ1) is 12.0. The minimum atomic E-state index is -0.0268. The van der Waals surface area contributed by atoms with Crippen LogP contribution in [0.3, 0.4) is 0 Å². The highest BCUT2D eigenvalue weighted by molar-refractivity contribution is 5.84. The maximum Gasteiger partial charge on any atom is 0.224 e. The fraction of sp³-hybridized carbons (Fsp3) is 0.900. The van der Waals surface area contributed by atoms with E-state index in [2.05, 4.69) is 24.3 Å². The van der Waals surface area contributed by atoms with E-state index in [1.54, 1.807) is 0 Å². The quantitative estimate of drug-likeness (QED) is 0.830. The van der Waals surface area contributed by atoms with Gasteiger partial charge in [0.2, 0.25) is 11.8 Å². The van der Waals surface area contributed by atoms with E-state index in [4.69, 9.17) is 0 Å². The molecule has 1 N–H and O–H groups in total. The molecule has 5 nitrogen and oxygen atoms in total. The van der Waals surface area contributed by atoms with E-state index in [1.807, 2.05) is 4.90 Å². The van der Waals surface area contributed by atoms with E-state index >= 15 is 0 Å². The van der Waals surface area contributed by atoms with Gasteiger partial charge in [0.05, 0.1) is 5.92 Å². The van der Waals surface area contributed by atoms with E-state index < -0.39 is 0 Å². The summed E-state index contributed by atoms with van der Waals surface area (Å²) in [6, 6.07) is 0.384. The number of hydrogen-bond acceptors (Lipinski definition) is 3. The Kier molecular flexibility index (Phi) is 6.03. The highest BCUT2D eigenvalue weighted by Gasteiger charge is 2.38. The summed E-state index contributed by atoms with van der Waals surface area (Å²) in [4.78, 5) is 29.4. The van der Waals surface area contributed by atoms with Crippen molar-refractivity contribution >= 4 is 11.8 Å². The van der Waals surface area contributed by atoms with Gasteiger partial charge in [0.25, 0.3) is 0 Å². The number of carbonyl (C=O) groups excluding carboxylic acids is 2. The van der Waals surface area contributed by atoms with Crippen molar-refractivity contribution in [1.82, 2.24) is 15.1 Å². The molecule has 2 saturated carbocycles. The van der Waals surface area contributed by atoms with Gasteiger partial charge in [0.15, 0.2) is 0 Å². The molecule has 0 radical (unpaired) electrons. The summed E-state index contributed by atoms with van der Waals surface area (Å²) in [5.74, 6) is 0.386. The number of piperidine rings is 1. The van der Waals surface area contributed by atoms with Gasteiger partial charge >= 0.3 is 0 Å². The van der Waals surface area contributed by atoms with Crippen LogP contribution in [-0.4, -0.2) is 60.4 Å². The molecule has 25 heavy (non-hydrogen) atoms. The average Bonchev–Trinajstić information content (AvgIpc) is 3.15. The largest absolute Gasteiger partial charge is 0.354 e. The molecule has 3 fully saturated rings. The Hall–Kier alpha value is -1.10. The van der Waals surface area contributed by atoms with Crippen molar-refractivity contribution in [3.8, 4) is 0 Å². The van der Waals surface area contributed by atoms with Crippen molar-refractivity contribution in [1.29, 1.82) is 0 Å². The Labute approximate surface area is 152 Å². The van der Waals surface area contributed by atoms with Crippen LogP contribution in [-0.2, 0) is 9.59 Å². The van der Waals surface area contributed by atoms with Crippen molar-refractivity contribution in [2.45, 2.75) is 82.2 Å². The fourth-order valence-corrected chi connectivity index (χ4v) is 5.04. The van der Waals surface area contributed by atoms with Crippen molar-refractivity contribution in [3.63, 3.8) is 0 Å². The Morgan fingerprint density at radius 1 is 1.12 bits per heavy atom. The van der Waals surface area contributed by atoms with Crippen LogP contribution in [0.4, 0.5) is 0 Å². The van der Waals surface area contributed by atoms with Crippen molar-refractivity contribution in [2.75, 3.05) is 27.2 Å². The number of nitrogens with zero attached hydrogens (tertiary/aromatic N) is 2. The molecule has 142 valence electrons. The van der Waals surface area contributed by atoms with Gasteiger partial charge in [-0.1, -0.05) is 32.1 Å².